The lowest BCUT2D eigenvalue weighted by atomic mass is 9.77. The Morgan fingerprint density at radius 3 is 2.31 bits per heavy atom. The van der Waals surface area contributed by atoms with Gasteiger partial charge in [-0.1, -0.05) is 12.8 Å². The normalized spacial score (nSPS) is 27.5. The molecule has 0 radical (unpaired) electrons. The summed E-state index contributed by atoms with van der Waals surface area (Å²) in [5.74, 6) is 0.893. The van der Waals surface area contributed by atoms with Crippen LogP contribution in [-0.2, 0) is 0 Å². The Labute approximate surface area is 80.7 Å². The Kier molecular flexibility index (Phi) is 2.89. The van der Waals surface area contributed by atoms with E-state index in [-0.39, 0.29) is 5.54 Å². The van der Waals surface area contributed by atoms with E-state index in [0.29, 0.717) is 6.61 Å². The van der Waals surface area contributed by atoms with Crippen LogP contribution >= 0.6 is 0 Å². The lowest BCUT2D eigenvalue weighted by Crippen LogP contribution is -2.55. The van der Waals surface area contributed by atoms with Gasteiger partial charge in [0.1, 0.15) is 0 Å². The number of hydrogen-bond donors (Lipinski definition) is 2. The highest BCUT2D eigenvalue weighted by Crippen LogP contribution is 2.32. The summed E-state index contributed by atoms with van der Waals surface area (Å²) in [6.07, 6.45) is 9.27. The standard InChI is InChI=1S/C11H21NO/c13-9-11(6-3-7-11)12-8-10-4-1-2-5-10/h10,12-13H,1-9H2. The van der Waals surface area contributed by atoms with Crippen molar-refractivity contribution < 1.29 is 5.11 Å². The maximum absolute atomic E-state index is 9.25. The van der Waals surface area contributed by atoms with Gasteiger partial charge in [-0.05, 0) is 44.6 Å². The maximum Gasteiger partial charge on any atom is 0.0613 e. The van der Waals surface area contributed by atoms with Crippen molar-refractivity contribution in [1.29, 1.82) is 0 Å². The minimum absolute atomic E-state index is 0.128. The predicted octanol–water partition coefficient (Wildman–Crippen LogP) is 1.68. The van der Waals surface area contributed by atoms with Crippen LogP contribution in [0.3, 0.4) is 0 Å². The van der Waals surface area contributed by atoms with Gasteiger partial charge in [-0.3, -0.25) is 0 Å². The van der Waals surface area contributed by atoms with Crippen LogP contribution in [-0.4, -0.2) is 23.8 Å². The Balaban J connectivity index is 1.71. The highest BCUT2D eigenvalue weighted by Gasteiger charge is 2.36. The van der Waals surface area contributed by atoms with E-state index in [1.54, 1.807) is 0 Å². The first kappa shape index (κ1) is 9.47. The van der Waals surface area contributed by atoms with Crippen LogP contribution < -0.4 is 5.32 Å². The zero-order chi connectivity index (χ0) is 9.15. The molecule has 0 atom stereocenters. The molecular weight excluding hydrogens is 162 g/mol. The first-order valence-corrected chi connectivity index (χ1v) is 5.71. The summed E-state index contributed by atoms with van der Waals surface area (Å²) in [7, 11) is 0. The van der Waals surface area contributed by atoms with Crippen LogP contribution in [0.2, 0.25) is 0 Å². The molecule has 0 saturated heterocycles. The SMILES string of the molecule is OCC1(NCC2CCCC2)CCC1. The summed E-state index contributed by atoms with van der Waals surface area (Å²) in [6.45, 7) is 1.47. The lowest BCUT2D eigenvalue weighted by Gasteiger charge is -2.42. The van der Waals surface area contributed by atoms with E-state index in [4.69, 9.17) is 0 Å². The molecule has 2 saturated carbocycles. The van der Waals surface area contributed by atoms with Crippen molar-refractivity contribution in [2.24, 2.45) is 5.92 Å². The lowest BCUT2D eigenvalue weighted by molar-refractivity contribution is 0.0847. The van der Waals surface area contributed by atoms with Crippen molar-refractivity contribution in [2.45, 2.75) is 50.5 Å². The average Bonchev–Trinajstić information content (AvgIpc) is 2.56. The van der Waals surface area contributed by atoms with E-state index < -0.39 is 0 Å². The number of aliphatic hydroxyl groups is 1. The zero-order valence-corrected chi connectivity index (χ0v) is 8.39. The molecule has 0 unspecified atom stereocenters. The second kappa shape index (κ2) is 3.97. The third-order valence-corrected chi connectivity index (χ3v) is 3.85. The largest absolute Gasteiger partial charge is 0.394 e. The minimum Gasteiger partial charge on any atom is -0.394 e. The summed E-state index contributed by atoms with van der Waals surface area (Å²) in [6, 6.07) is 0. The summed E-state index contributed by atoms with van der Waals surface area (Å²) >= 11 is 0. The minimum atomic E-state index is 0.128. The van der Waals surface area contributed by atoms with E-state index >= 15 is 0 Å². The van der Waals surface area contributed by atoms with Crippen molar-refractivity contribution in [3.8, 4) is 0 Å². The van der Waals surface area contributed by atoms with Crippen molar-refractivity contribution in [2.75, 3.05) is 13.2 Å². The van der Waals surface area contributed by atoms with E-state index in [1.807, 2.05) is 0 Å². The van der Waals surface area contributed by atoms with E-state index in [0.717, 1.165) is 12.5 Å². The van der Waals surface area contributed by atoms with Crippen molar-refractivity contribution in [3.05, 3.63) is 0 Å². The van der Waals surface area contributed by atoms with Crippen LogP contribution in [0.25, 0.3) is 0 Å². The van der Waals surface area contributed by atoms with Crippen LogP contribution in [0.1, 0.15) is 44.9 Å². The third-order valence-electron chi connectivity index (χ3n) is 3.85. The van der Waals surface area contributed by atoms with Gasteiger partial charge in [0.05, 0.1) is 6.61 Å². The quantitative estimate of drug-likeness (QED) is 0.695. The molecule has 0 aromatic rings. The molecule has 13 heavy (non-hydrogen) atoms. The van der Waals surface area contributed by atoms with Gasteiger partial charge in [-0.2, -0.15) is 0 Å². The smallest absolute Gasteiger partial charge is 0.0613 e. The molecule has 76 valence electrons. The predicted molar refractivity (Wildman–Crippen MR) is 53.6 cm³/mol. The highest BCUT2D eigenvalue weighted by atomic mass is 16.3. The second-order valence-corrected chi connectivity index (χ2v) is 4.82. The molecule has 0 bridgehead atoms. The fraction of sp³-hybridized carbons (Fsp3) is 1.00. The Morgan fingerprint density at radius 1 is 1.15 bits per heavy atom. The van der Waals surface area contributed by atoms with Gasteiger partial charge in [0.25, 0.3) is 0 Å². The molecule has 2 N–H and O–H groups in total. The molecule has 0 heterocycles. The van der Waals surface area contributed by atoms with Gasteiger partial charge in [-0.25, -0.2) is 0 Å². The molecule has 0 amide bonds. The summed E-state index contributed by atoms with van der Waals surface area (Å²) < 4.78 is 0. The molecule has 2 aliphatic carbocycles. The molecule has 2 aliphatic rings. The summed E-state index contributed by atoms with van der Waals surface area (Å²) in [4.78, 5) is 0. The summed E-state index contributed by atoms with van der Waals surface area (Å²) in [5.41, 5.74) is 0.128. The molecular formula is C11H21NO. The number of hydrogen-bond acceptors (Lipinski definition) is 2. The second-order valence-electron chi connectivity index (χ2n) is 4.82. The zero-order valence-electron chi connectivity index (χ0n) is 8.39. The maximum atomic E-state index is 9.25. The van der Waals surface area contributed by atoms with Crippen molar-refractivity contribution in [1.82, 2.24) is 5.32 Å². The number of rotatable bonds is 4. The van der Waals surface area contributed by atoms with Crippen LogP contribution in [0.5, 0.6) is 0 Å². The first-order valence-electron chi connectivity index (χ1n) is 5.71. The molecule has 0 aromatic carbocycles. The summed E-state index contributed by atoms with van der Waals surface area (Å²) in [5, 5.41) is 12.8. The topological polar surface area (TPSA) is 32.3 Å². The molecule has 0 aromatic heterocycles. The number of aliphatic hydroxyl groups excluding tert-OH is 1. The molecule has 2 nitrogen and oxygen atoms in total. The van der Waals surface area contributed by atoms with E-state index in [2.05, 4.69) is 5.32 Å². The van der Waals surface area contributed by atoms with E-state index in [1.165, 1.54) is 44.9 Å². The van der Waals surface area contributed by atoms with Crippen LogP contribution in [0.15, 0.2) is 0 Å². The Bertz CT molecular complexity index is 154. The fourth-order valence-electron chi connectivity index (χ4n) is 2.57. The van der Waals surface area contributed by atoms with Gasteiger partial charge in [-0.15, -0.1) is 0 Å². The monoisotopic (exact) mass is 183 g/mol. The van der Waals surface area contributed by atoms with Crippen molar-refractivity contribution in [3.63, 3.8) is 0 Å². The van der Waals surface area contributed by atoms with E-state index in [9.17, 15) is 5.11 Å². The third kappa shape index (κ3) is 2.05. The fourth-order valence-corrected chi connectivity index (χ4v) is 2.57. The van der Waals surface area contributed by atoms with Gasteiger partial charge >= 0.3 is 0 Å². The molecule has 0 aliphatic heterocycles. The highest BCUT2D eigenvalue weighted by molar-refractivity contribution is 4.95. The van der Waals surface area contributed by atoms with Crippen molar-refractivity contribution >= 4 is 0 Å². The molecule has 2 rings (SSSR count). The molecule has 0 spiro atoms. The number of nitrogens with one attached hydrogen (secondary N) is 1. The van der Waals surface area contributed by atoms with Gasteiger partial charge in [0, 0.05) is 5.54 Å². The van der Waals surface area contributed by atoms with Crippen LogP contribution in [0.4, 0.5) is 0 Å². The van der Waals surface area contributed by atoms with Gasteiger partial charge in [0.2, 0.25) is 0 Å². The Hall–Kier alpha value is -0.0800. The van der Waals surface area contributed by atoms with Gasteiger partial charge < -0.3 is 10.4 Å². The average molecular weight is 183 g/mol. The van der Waals surface area contributed by atoms with Crippen LogP contribution in [0, 0.1) is 5.92 Å². The Morgan fingerprint density at radius 2 is 1.85 bits per heavy atom. The van der Waals surface area contributed by atoms with Gasteiger partial charge in [0.15, 0.2) is 0 Å². The molecule has 2 fully saturated rings. The molecule has 2 heteroatoms. The first-order chi connectivity index (χ1) is 6.35.